The van der Waals surface area contributed by atoms with Gasteiger partial charge in [-0.15, -0.1) is 0 Å². The monoisotopic (exact) mass is 166 g/mol. The summed E-state index contributed by atoms with van der Waals surface area (Å²) >= 11 is 0. The molecule has 0 radical (unpaired) electrons. The highest BCUT2D eigenvalue weighted by molar-refractivity contribution is 4.92. The smallest absolute Gasteiger partial charge is 0.0635 e. The first kappa shape index (κ1) is 9.54. The van der Waals surface area contributed by atoms with Crippen LogP contribution in [0.15, 0.2) is 0 Å². The van der Waals surface area contributed by atoms with E-state index in [2.05, 4.69) is 31.7 Å². The molecular formula is C10H18N2. The van der Waals surface area contributed by atoms with Gasteiger partial charge in [0.05, 0.1) is 6.07 Å². The maximum absolute atomic E-state index is 8.51. The average Bonchev–Trinajstić information content (AvgIpc) is 2.69. The summed E-state index contributed by atoms with van der Waals surface area (Å²) in [6.45, 7) is 7.61. The minimum absolute atomic E-state index is 0.234. The van der Waals surface area contributed by atoms with Crippen LogP contribution in [0.25, 0.3) is 0 Å². The molecular weight excluding hydrogens is 148 g/mol. The van der Waals surface area contributed by atoms with Crippen LogP contribution >= 0.6 is 0 Å². The summed E-state index contributed by atoms with van der Waals surface area (Å²) < 4.78 is 0. The van der Waals surface area contributed by atoms with Crippen LogP contribution in [0.3, 0.4) is 0 Å². The number of hydrogen-bond acceptors (Lipinski definition) is 2. The van der Waals surface area contributed by atoms with Gasteiger partial charge in [0.1, 0.15) is 0 Å². The molecule has 0 aromatic carbocycles. The number of rotatable bonds is 3. The fourth-order valence-corrected chi connectivity index (χ4v) is 1.62. The molecule has 0 bridgehead atoms. The quantitative estimate of drug-likeness (QED) is 0.642. The van der Waals surface area contributed by atoms with Gasteiger partial charge in [0.25, 0.3) is 0 Å². The van der Waals surface area contributed by atoms with Crippen molar-refractivity contribution in [3.05, 3.63) is 0 Å². The van der Waals surface area contributed by atoms with Crippen molar-refractivity contribution in [3.8, 4) is 6.07 Å². The Labute approximate surface area is 75.2 Å². The van der Waals surface area contributed by atoms with Crippen LogP contribution in [-0.4, -0.2) is 23.0 Å². The van der Waals surface area contributed by atoms with E-state index in [0.29, 0.717) is 6.42 Å². The Morgan fingerprint density at radius 3 is 2.33 bits per heavy atom. The van der Waals surface area contributed by atoms with Crippen molar-refractivity contribution in [1.82, 2.24) is 4.90 Å². The van der Waals surface area contributed by atoms with E-state index in [4.69, 9.17) is 5.26 Å². The Hall–Kier alpha value is -0.550. The van der Waals surface area contributed by atoms with E-state index >= 15 is 0 Å². The molecule has 68 valence electrons. The molecule has 1 rings (SSSR count). The van der Waals surface area contributed by atoms with Gasteiger partial charge in [-0.3, -0.25) is 4.90 Å². The summed E-state index contributed by atoms with van der Waals surface area (Å²) in [7, 11) is 0. The highest BCUT2D eigenvalue weighted by atomic mass is 15.2. The van der Waals surface area contributed by atoms with Gasteiger partial charge in [-0.05, 0) is 33.6 Å². The molecule has 1 aliphatic rings. The molecule has 0 spiro atoms. The Kier molecular flexibility index (Phi) is 2.74. The van der Waals surface area contributed by atoms with Crippen LogP contribution in [0.5, 0.6) is 0 Å². The fraction of sp³-hybridized carbons (Fsp3) is 0.900. The topological polar surface area (TPSA) is 27.0 Å². The Balaban J connectivity index is 2.44. The summed E-state index contributed by atoms with van der Waals surface area (Å²) in [4.78, 5) is 2.45. The first-order valence-electron chi connectivity index (χ1n) is 4.69. The van der Waals surface area contributed by atoms with Crippen molar-refractivity contribution >= 4 is 0 Å². The molecule has 2 nitrogen and oxygen atoms in total. The van der Waals surface area contributed by atoms with Crippen LogP contribution in [0.4, 0.5) is 0 Å². The first-order chi connectivity index (χ1) is 5.55. The summed E-state index contributed by atoms with van der Waals surface area (Å²) in [5.41, 5.74) is 0.234. The van der Waals surface area contributed by atoms with Crippen molar-refractivity contribution in [2.75, 3.05) is 6.54 Å². The van der Waals surface area contributed by atoms with Crippen LogP contribution in [0, 0.1) is 11.3 Å². The number of nitriles is 1. The predicted octanol–water partition coefficient (Wildman–Crippen LogP) is 2.16. The minimum Gasteiger partial charge on any atom is -0.295 e. The summed E-state index contributed by atoms with van der Waals surface area (Å²) in [5, 5.41) is 8.51. The lowest BCUT2D eigenvalue weighted by atomic mass is 10.1. The average molecular weight is 166 g/mol. The van der Waals surface area contributed by atoms with Gasteiger partial charge >= 0.3 is 0 Å². The molecule has 0 aromatic heterocycles. The van der Waals surface area contributed by atoms with E-state index in [-0.39, 0.29) is 5.54 Å². The van der Waals surface area contributed by atoms with E-state index in [1.165, 1.54) is 12.8 Å². The lowest BCUT2D eigenvalue weighted by Gasteiger charge is -2.35. The van der Waals surface area contributed by atoms with Crippen molar-refractivity contribution < 1.29 is 0 Å². The normalized spacial score (nSPS) is 17.9. The molecule has 0 amide bonds. The van der Waals surface area contributed by atoms with E-state index in [1.54, 1.807) is 0 Å². The highest BCUT2D eigenvalue weighted by Gasteiger charge is 2.35. The third-order valence-corrected chi connectivity index (χ3v) is 2.31. The molecule has 0 unspecified atom stereocenters. The lowest BCUT2D eigenvalue weighted by molar-refractivity contribution is 0.130. The second-order valence-corrected chi connectivity index (χ2v) is 4.50. The van der Waals surface area contributed by atoms with Gasteiger partial charge in [-0.1, -0.05) is 0 Å². The van der Waals surface area contributed by atoms with Gasteiger partial charge in [0.2, 0.25) is 0 Å². The van der Waals surface area contributed by atoms with Gasteiger partial charge < -0.3 is 0 Å². The van der Waals surface area contributed by atoms with Gasteiger partial charge in [0.15, 0.2) is 0 Å². The minimum atomic E-state index is 0.234. The van der Waals surface area contributed by atoms with Crippen LogP contribution in [0.1, 0.15) is 40.0 Å². The van der Waals surface area contributed by atoms with E-state index < -0.39 is 0 Å². The number of nitrogens with zero attached hydrogens (tertiary/aromatic N) is 2. The zero-order chi connectivity index (χ0) is 9.19. The zero-order valence-corrected chi connectivity index (χ0v) is 8.30. The van der Waals surface area contributed by atoms with Crippen molar-refractivity contribution in [1.29, 1.82) is 5.26 Å². The molecule has 0 heterocycles. The van der Waals surface area contributed by atoms with Crippen molar-refractivity contribution in [3.63, 3.8) is 0 Å². The Bertz CT molecular complexity index is 181. The predicted molar refractivity (Wildman–Crippen MR) is 49.7 cm³/mol. The second kappa shape index (κ2) is 3.45. The van der Waals surface area contributed by atoms with Gasteiger partial charge in [-0.2, -0.15) is 5.26 Å². The fourth-order valence-electron chi connectivity index (χ4n) is 1.62. The van der Waals surface area contributed by atoms with E-state index in [1.807, 2.05) is 0 Å². The molecule has 0 atom stereocenters. The maximum atomic E-state index is 8.51. The van der Waals surface area contributed by atoms with Crippen LogP contribution < -0.4 is 0 Å². The molecule has 12 heavy (non-hydrogen) atoms. The summed E-state index contributed by atoms with van der Waals surface area (Å²) in [6.07, 6.45) is 3.30. The molecule has 1 aliphatic carbocycles. The maximum Gasteiger partial charge on any atom is 0.0635 e. The zero-order valence-electron chi connectivity index (χ0n) is 8.30. The summed E-state index contributed by atoms with van der Waals surface area (Å²) in [6, 6.07) is 2.97. The van der Waals surface area contributed by atoms with Crippen molar-refractivity contribution in [2.45, 2.75) is 51.6 Å². The third-order valence-electron chi connectivity index (χ3n) is 2.31. The van der Waals surface area contributed by atoms with Gasteiger partial charge in [0, 0.05) is 24.5 Å². The molecule has 0 aromatic rings. The molecule has 2 heteroatoms. The molecule has 0 N–H and O–H groups in total. The van der Waals surface area contributed by atoms with Crippen molar-refractivity contribution in [2.24, 2.45) is 0 Å². The van der Waals surface area contributed by atoms with E-state index in [9.17, 15) is 0 Å². The lowest BCUT2D eigenvalue weighted by Crippen LogP contribution is -2.43. The first-order valence-corrected chi connectivity index (χ1v) is 4.69. The molecule has 1 saturated carbocycles. The summed E-state index contributed by atoms with van der Waals surface area (Å²) in [5.74, 6) is 0. The molecule has 1 fully saturated rings. The highest BCUT2D eigenvalue weighted by Crippen LogP contribution is 2.32. The molecule has 0 aliphatic heterocycles. The molecule has 0 saturated heterocycles. The Morgan fingerprint density at radius 2 is 2.00 bits per heavy atom. The van der Waals surface area contributed by atoms with E-state index in [0.717, 1.165) is 12.6 Å². The van der Waals surface area contributed by atoms with Crippen LogP contribution in [0.2, 0.25) is 0 Å². The van der Waals surface area contributed by atoms with Crippen LogP contribution in [-0.2, 0) is 0 Å². The second-order valence-electron chi connectivity index (χ2n) is 4.50. The number of hydrogen-bond donors (Lipinski definition) is 0. The third kappa shape index (κ3) is 2.49. The SMILES string of the molecule is CC(C)(C)N(CCC#N)C1CC1. The Morgan fingerprint density at radius 1 is 1.42 bits per heavy atom. The standard InChI is InChI=1S/C10H18N2/c1-10(2,3)12(8-4-7-11)9-5-6-9/h9H,4-6,8H2,1-3H3. The van der Waals surface area contributed by atoms with Gasteiger partial charge in [-0.25, -0.2) is 0 Å². The largest absolute Gasteiger partial charge is 0.295 e.